The molecule has 4 heteroatoms. The molecular formula is C14H17N3S. The SMILES string of the molecule is NCc1nc(-c2ccncc2)c(C2CCCC2)s1. The monoisotopic (exact) mass is 259 g/mol. The molecule has 0 amide bonds. The number of hydrogen-bond donors (Lipinski definition) is 1. The van der Waals surface area contributed by atoms with Crippen LogP contribution < -0.4 is 5.73 Å². The Hall–Kier alpha value is -1.26. The van der Waals surface area contributed by atoms with E-state index in [1.165, 1.54) is 36.1 Å². The van der Waals surface area contributed by atoms with Gasteiger partial charge < -0.3 is 5.73 Å². The van der Waals surface area contributed by atoms with Gasteiger partial charge in [0.15, 0.2) is 0 Å². The van der Waals surface area contributed by atoms with Gasteiger partial charge >= 0.3 is 0 Å². The highest BCUT2D eigenvalue weighted by Gasteiger charge is 2.24. The van der Waals surface area contributed by atoms with Crippen LogP contribution in [0.1, 0.15) is 41.5 Å². The maximum Gasteiger partial charge on any atom is 0.107 e. The predicted molar refractivity (Wildman–Crippen MR) is 74.4 cm³/mol. The van der Waals surface area contributed by atoms with Gasteiger partial charge in [-0.25, -0.2) is 4.98 Å². The van der Waals surface area contributed by atoms with E-state index in [1.807, 2.05) is 24.5 Å². The van der Waals surface area contributed by atoms with Crippen LogP contribution >= 0.6 is 11.3 Å². The van der Waals surface area contributed by atoms with Gasteiger partial charge in [-0.3, -0.25) is 4.98 Å². The molecule has 3 rings (SSSR count). The minimum absolute atomic E-state index is 0.537. The van der Waals surface area contributed by atoms with Crippen LogP contribution in [0.25, 0.3) is 11.3 Å². The molecule has 0 aromatic carbocycles. The van der Waals surface area contributed by atoms with E-state index in [9.17, 15) is 0 Å². The third kappa shape index (κ3) is 2.18. The molecule has 0 unspecified atom stereocenters. The Morgan fingerprint density at radius 2 is 1.94 bits per heavy atom. The molecule has 18 heavy (non-hydrogen) atoms. The Bertz CT molecular complexity index is 515. The average Bonchev–Trinajstić information content (AvgIpc) is 3.08. The van der Waals surface area contributed by atoms with Crippen molar-refractivity contribution in [3.8, 4) is 11.3 Å². The Kier molecular flexibility index (Phi) is 3.39. The van der Waals surface area contributed by atoms with Crippen molar-refractivity contribution in [3.63, 3.8) is 0 Å². The van der Waals surface area contributed by atoms with Crippen LogP contribution in [-0.2, 0) is 6.54 Å². The summed E-state index contributed by atoms with van der Waals surface area (Å²) in [4.78, 5) is 10.2. The molecule has 1 aliphatic rings. The van der Waals surface area contributed by atoms with Crippen molar-refractivity contribution >= 4 is 11.3 Å². The van der Waals surface area contributed by atoms with Crippen LogP contribution in [0.15, 0.2) is 24.5 Å². The second kappa shape index (κ2) is 5.16. The molecule has 1 fully saturated rings. The number of aromatic nitrogens is 2. The predicted octanol–water partition coefficient (Wildman–Crippen LogP) is 3.32. The molecule has 0 aliphatic heterocycles. The molecule has 2 N–H and O–H groups in total. The molecule has 3 nitrogen and oxygen atoms in total. The summed E-state index contributed by atoms with van der Waals surface area (Å²) in [6.07, 6.45) is 8.94. The summed E-state index contributed by atoms with van der Waals surface area (Å²) in [6.45, 7) is 0.537. The molecule has 0 spiro atoms. The van der Waals surface area contributed by atoms with Crippen LogP contribution in [-0.4, -0.2) is 9.97 Å². The minimum atomic E-state index is 0.537. The highest BCUT2D eigenvalue weighted by atomic mass is 32.1. The maximum absolute atomic E-state index is 5.74. The third-order valence-corrected chi connectivity index (χ3v) is 4.79. The van der Waals surface area contributed by atoms with Crippen LogP contribution in [0.3, 0.4) is 0 Å². The lowest BCUT2D eigenvalue weighted by atomic mass is 10.0. The number of nitrogens with two attached hydrogens (primary N) is 1. The summed E-state index contributed by atoms with van der Waals surface area (Å²) in [5, 5.41) is 1.05. The van der Waals surface area contributed by atoms with Gasteiger partial charge in [-0.1, -0.05) is 12.8 Å². The third-order valence-electron chi connectivity index (χ3n) is 3.55. The first kappa shape index (κ1) is 11.8. The first-order chi connectivity index (χ1) is 8.88. The van der Waals surface area contributed by atoms with Crippen molar-refractivity contribution in [3.05, 3.63) is 34.4 Å². The molecule has 0 saturated heterocycles. The zero-order valence-corrected chi connectivity index (χ0v) is 11.1. The van der Waals surface area contributed by atoms with Crippen molar-refractivity contribution in [1.29, 1.82) is 0 Å². The summed E-state index contributed by atoms with van der Waals surface area (Å²) in [5.74, 6) is 0.686. The summed E-state index contributed by atoms with van der Waals surface area (Å²) >= 11 is 1.80. The second-order valence-corrected chi connectivity index (χ2v) is 5.86. The van der Waals surface area contributed by atoms with Crippen molar-refractivity contribution in [2.75, 3.05) is 0 Å². The molecule has 0 bridgehead atoms. The van der Waals surface area contributed by atoms with E-state index < -0.39 is 0 Å². The van der Waals surface area contributed by atoms with E-state index in [0.29, 0.717) is 12.5 Å². The number of rotatable bonds is 3. The summed E-state index contributed by atoms with van der Waals surface area (Å²) < 4.78 is 0. The first-order valence-corrected chi connectivity index (χ1v) is 7.30. The Morgan fingerprint density at radius 1 is 1.22 bits per heavy atom. The molecule has 0 radical (unpaired) electrons. The fourth-order valence-electron chi connectivity index (χ4n) is 2.65. The minimum Gasteiger partial charge on any atom is -0.325 e. The second-order valence-electron chi connectivity index (χ2n) is 4.74. The van der Waals surface area contributed by atoms with Crippen LogP contribution in [0.2, 0.25) is 0 Å². The Morgan fingerprint density at radius 3 is 2.61 bits per heavy atom. The van der Waals surface area contributed by atoms with Gasteiger partial charge in [0.2, 0.25) is 0 Å². The summed E-state index contributed by atoms with van der Waals surface area (Å²) in [7, 11) is 0. The van der Waals surface area contributed by atoms with Gasteiger partial charge in [-0.05, 0) is 30.9 Å². The first-order valence-electron chi connectivity index (χ1n) is 6.48. The normalized spacial score (nSPS) is 16.3. The van der Waals surface area contributed by atoms with Crippen LogP contribution in [0, 0.1) is 0 Å². The van der Waals surface area contributed by atoms with E-state index in [4.69, 9.17) is 10.7 Å². The molecule has 2 heterocycles. The molecule has 1 aliphatic carbocycles. The largest absolute Gasteiger partial charge is 0.325 e. The number of thiazole rings is 1. The lowest BCUT2D eigenvalue weighted by Crippen LogP contribution is -1.94. The van der Waals surface area contributed by atoms with Crippen LogP contribution in [0.4, 0.5) is 0 Å². The molecule has 94 valence electrons. The van der Waals surface area contributed by atoms with E-state index in [2.05, 4.69) is 4.98 Å². The maximum atomic E-state index is 5.74. The van der Waals surface area contributed by atoms with Gasteiger partial charge in [0.05, 0.1) is 5.69 Å². The average molecular weight is 259 g/mol. The van der Waals surface area contributed by atoms with E-state index in [1.54, 1.807) is 11.3 Å². The van der Waals surface area contributed by atoms with E-state index in [-0.39, 0.29) is 0 Å². The summed E-state index contributed by atoms with van der Waals surface area (Å²) in [6, 6.07) is 4.07. The number of pyridine rings is 1. The Labute approximate surface area is 111 Å². The van der Waals surface area contributed by atoms with E-state index in [0.717, 1.165) is 10.7 Å². The highest BCUT2D eigenvalue weighted by molar-refractivity contribution is 7.12. The molecule has 1 saturated carbocycles. The lowest BCUT2D eigenvalue weighted by molar-refractivity contribution is 0.738. The highest BCUT2D eigenvalue weighted by Crippen LogP contribution is 2.42. The van der Waals surface area contributed by atoms with Crippen molar-refractivity contribution in [1.82, 2.24) is 9.97 Å². The van der Waals surface area contributed by atoms with Gasteiger partial charge in [-0.15, -0.1) is 11.3 Å². The van der Waals surface area contributed by atoms with Gasteiger partial charge in [-0.2, -0.15) is 0 Å². The van der Waals surface area contributed by atoms with Crippen molar-refractivity contribution in [2.24, 2.45) is 5.73 Å². The number of nitrogens with zero attached hydrogens (tertiary/aromatic N) is 2. The smallest absolute Gasteiger partial charge is 0.107 e. The molecular weight excluding hydrogens is 242 g/mol. The Balaban J connectivity index is 2.04. The van der Waals surface area contributed by atoms with Crippen LogP contribution in [0.5, 0.6) is 0 Å². The zero-order chi connectivity index (χ0) is 12.4. The van der Waals surface area contributed by atoms with Gasteiger partial charge in [0.1, 0.15) is 5.01 Å². The lowest BCUT2D eigenvalue weighted by Gasteiger charge is -2.08. The molecule has 0 atom stereocenters. The topological polar surface area (TPSA) is 51.8 Å². The van der Waals surface area contributed by atoms with Crippen molar-refractivity contribution < 1.29 is 0 Å². The number of hydrogen-bond acceptors (Lipinski definition) is 4. The van der Waals surface area contributed by atoms with E-state index >= 15 is 0 Å². The van der Waals surface area contributed by atoms with Gasteiger partial charge in [0, 0.05) is 29.4 Å². The fourth-order valence-corrected chi connectivity index (χ4v) is 3.78. The molecule has 2 aromatic heterocycles. The fraction of sp³-hybridized carbons (Fsp3) is 0.429. The van der Waals surface area contributed by atoms with Gasteiger partial charge in [0.25, 0.3) is 0 Å². The van der Waals surface area contributed by atoms with Crippen molar-refractivity contribution in [2.45, 2.75) is 38.1 Å². The summed E-state index contributed by atoms with van der Waals surface area (Å²) in [5.41, 5.74) is 8.05. The zero-order valence-electron chi connectivity index (χ0n) is 10.3. The quantitative estimate of drug-likeness (QED) is 0.920. The standard InChI is InChI=1S/C14H17N3S/c15-9-12-17-13(10-5-7-16-8-6-10)14(18-12)11-3-1-2-4-11/h5-8,11H,1-4,9,15H2. The molecule has 2 aromatic rings.